The van der Waals surface area contributed by atoms with Crippen LogP contribution in [-0.2, 0) is 4.79 Å². The standard InChI is InChI=1S/C31H23N3O2S/c1-20-16-26-28(17-21(20)2)37-31(33-26)34-29(23-11-5-3-6-12-23)32-27(30(34)35)19-22-10-9-15-25(18-22)36-24-13-7-4-8-14-24/h3-19H,1-2H3/b27-19-. The summed E-state index contributed by atoms with van der Waals surface area (Å²) in [7, 11) is 0. The Morgan fingerprint density at radius 2 is 1.51 bits per heavy atom. The molecular formula is C31H23N3O2S. The van der Waals surface area contributed by atoms with Gasteiger partial charge in [-0.3, -0.25) is 4.79 Å². The summed E-state index contributed by atoms with van der Waals surface area (Å²) in [6.45, 7) is 4.16. The van der Waals surface area contributed by atoms with E-state index in [0.717, 1.165) is 27.1 Å². The SMILES string of the molecule is Cc1cc2nc(N3C(=O)/C(=C/c4cccc(Oc5ccccc5)c4)N=C3c3ccccc3)sc2cc1C. The zero-order chi connectivity index (χ0) is 25.4. The molecule has 0 radical (unpaired) electrons. The van der Waals surface area contributed by atoms with Gasteiger partial charge < -0.3 is 4.74 Å². The Morgan fingerprint density at radius 3 is 2.30 bits per heavy atom. The van der Waals surface area contributed by atoms with Gasteiger partial charge in [0.15, 0.2) is 5.13 Å². The summed E-state index contributed by atoms with van der Waals surface area (Å²) in [5, 5.41) is 0.608. The second-order valence-corrected chi connectivity index (χ2v) is 9.87. The average Bonchev–Trinajstić information content (AvgIpc) is 3.45. The number of aliphatic imine (C=N–C) groups is 1. The number of carbonyl (C=O) groups is 1. The van der Waals surface area contributed by atoms with Crippen LogP contribution in [0.3, 0.4) is 0 Å². The van der Waals surface area contributed by atoms with Gasteiger partial charge in [0, 0.05) is 5.56 Å². The third-order valence-corrected chi connectivity index (χ3v) is 7.22. The number of nitrogens with zero attached hydrogens (tertiary/aromatic N) is 3. The predicted octanol–water partition coefficient (Wildman–Crippen LogP) is 7.54. The molecule has 6 rings (SSSR count). The van der Waals surface area contributed by atoms with Crippen molar-refractivity contribution in [2.45, 2.75) is 13.8 Å². The number of aromatic nitrogens is 1. The summed E-state index contributed by atoms with van der Waals surface area (Å²) in [5.74, 6) is 1.80. The van der Waals surface area contributed by atoms with Gasteiger partial charge in [0.25, 0.3) is 5.91 Å². The highest BCUT2D eigenvalue weighted by Crippen LogP contribution is 2.35. The lowest BCUT2D eigenvalue weighted by atomic mass is 10.1. The van der Waals surface area contributed by atoms with E-state index in [1.165, 1.54) is 22.5 Å². The summed E-state index contributed by atoms with van der Waals surface area (Å²) >= 11 is 1.50. The molecule has 5 nitrogen and oxygen atoms in total. The molecule has 1 aliphatic heterocycles. The Balaban J connectivity index is 1.40. The van der Waals surface area contributed by atoms with Gasteiger partial charge in [-0.15, -0.1) is 0 Å². The Hall–Kier alpha value is -4.55. The Kier molecular flexibility index (Phi) is 5.87. The van der Waals surface area contributed by atoms with E-state index in [1.54, 1.807) is 11.0 Å². The highest BCUT2D eigenvalue weighted by atomic mass is 32.1. The molecule has 6 heteroatoms. The van der Waals surface area contributed by atoms with Crippen molar-refractivity contribution in [3.63, 3.8) is 0 Å². The number of para-hydroxylation sites is 1. The van der Waals surface area contributed by atoms with Gasteiger partial charge in [0.1, 0.15) is 23.0 Å². The molecule has 0 bridgehead atoms. The molecule has 4 aromatic carbocycles. The zero-order valence-corrected chi connectivity index (χ0v) is 21.2. The largest absolute Gasteiger partial charge is 0.457 e. The molecule has 1 aromatic heterocycles. The second kappa shape index (κ2) is 9.48. The number of aryl methyl sites for hydroxylation is 2. The van der Waals surface area contributed by atoms with Crippen molar-refractivity contribution in [1.82, 2.24) is 4.98 Å². The van der Waals surface area contributed by atoms with Crippen LogP contribution in [-0.4, -0.2) is 16.7 Å². The number of rotatable bonds is 5. The molecule has 0 spiro atoms. The van der Waals surface area contributed by atoms with E-state index in [-0.39, 0.29) is 5.91 Å². The number of thiazole rings is 1. The van der Waals surface area contributed by atoms with Gasteiger partial charge >= 0.3 is 0 Å². The topological polar surface area (TPSA) is 54.8 Å². The van der Waals surface area contributed by atoms with Gasteiger partial charge in [-0.1, -0.05) is 72.0 Å². The molecular weight excluding hydrogens is 478 g/mol. The first-order chi connectivity index (χ1) is 18.0. The zero-order valence-electron chi connectivity index (χ0n) is 20.4. The lowest BCUT2D eigenvalue weighted by Crippen LogP contribution is -2.32. The molecule has 1 amide bonds. The quantitative estimate of drug-likeness (QED) is 0.234. The number of ether oxygens (including phenoxy) is 1. The van der Waals surface area contributed by atoms with Gasteiger partial charge in [0.05, 0.1) is 10.2 Å². The van der Waals surface area contributed by atoms with Crippen molar-refractivity contribution in [2.24, 2.45) is 4.99 Å². The molecule has 0 fully saturated rings. The number of amidine groups is 1. The molecule has 2 heterocycles. The molecule has 0 unspecified atom stereocenters. The molecule has 0 atom stereocenters. The van der Waals surface area contributed by atoms with Crippen molar-refractivity contribution in [3.05, 3.63) is 125 Å². The fourth-order valence-corrected chi connectivity index (χ4v) is 5.23. The minimum atomic E-state index is -0.208. The minimum Gasteiger partial charge on any atom is -0.457 e. The molecule has 180 valence electrons. The number of amides is 1. The van der Waals surface area contributed by atoms with Gasteiger partial charge in [-0.25, -0.2) is 14.9 Å². The molecule has 0 saturated carbocycles. The fourth-order valence-electron chi connectivity index (χ4n) is 4.19. The number of hydrogen-bond acceptors (Lipinski definition) is 5. The van der Waals surface area contributed by atoms with Crippen LogP contribution >= 0.6 is 11.3 Å². The van der Waals surface area contributed by atoms with Crippen molar-refractivity contribution in [1.29, 1.82) is 0 Å². The van der Waals surface area contributed by atoms with Crippen LogP contribution in [0.5, 0.6) is 11.5 Å². The maximum Gasteiger partial charge on any atom is 0.284 e. The average molecular weight is 502 g/mol. The minimum absolute atomic E-state index is 0.208. The van der Waals surface area contributed by atoms with E-state index in [4.69, 9.17) is 14.7 Å². The van der Waals surface area contributed by atoms with Gasteiger partial charge in [-0.2, -0.15) is 0 Å². The summed E-state index contributed by atoms with van der Waals surface area (Å²) < 4.78 is 7.02. The maximum atomic E-state index is 13.8. The summed E-state index contributed by atoms with van der Waals surface area (Å²) in [6.07, 6.45) is 1.80. The Morgan fingerprint density at radius 1 is 0.811 bits per heavy atom. The van der Waals surface area contributed by atoms with Crippen LogP contribution in [0, 0.1) is 13.8 Å². The van der Waals surface area contributed by atoms with Crippen molar-refractivity contribution in [2.75, 3.05) is 4.90 Å². The van der Waals surface area contributed by atoms with E-state index >= 15 is 0 Å². The van der Waals surface area contributed by atoms with Crippen molar-refractivity contribution in [3.8, 4) is 11.5 Å². The molecule has 0 N–H and O–H groups in total. The highest BCUT2D eigenvalue weighted by Gasteiger charge is 2.34. The Bertz CT molecular complexity index is 1650. The number of anilines is 1. The highest BCUT2D eigenvalue weighted by molar-refractivity contribution is 7.22. The Labute approximate surface area is 219 Å². The third-order valence-electron chi connectivity index (χ3n) is 6.22. The summed E-state index contributed by atoms with van der Waals surface area (Å²) in [5.41, 5.74) is 5.28. The van der Waals surface area contributed by atoms with E-state index in [2.05, 4.69) is 26.0 Å². The fraction of sp³-hybridized carbons (Fsp3) is 0.0645. The predicted molar refractivity (Wildman–Crippen MR) is 150 cm³/mol. The molecule has 1 aliphatic rings. The maximum absolute atomic E-state index is 13.8. The number of benzene rings is 4. The monoisotopic (exact) mass is 501 g/mol. The first-order valence-corrected chi connectivity index (χ1v) is 12.8. The summed E-state index contributed by atoms with van der Waals surface area (Å²) in [6, 6.07) is 31.2. The molecule has 5 aromatic rings. The molecule has 0 saturated heterocycles. The van der Waals surface area contributed by atoms with E-state index in [0.29, 0.717) is 22.4 Å². The number of fused-ring (bicyclic) bond motifs is 1. The molecule has 0 aliphatic carbocycles. The smallest absolute Gasteiger partial charge is 0.284 e. The summed E-state index contributed by atoms with van der Waals surface area (Å²) in [4.78, 5) is 25.0. The van der Waals surface area contributed by atoms with Crippen LogP contribution in [0.25, 0.3) is 16.3 Å². The van der Waals surface area contributed by atoms with Crippen LogP contribution < -0.4 is 9.64 Å². The van der Waals surface area contributed by atoms with Crippen LogP contribution in [0.4, 0.5) is 5.13 Å². The van der Waals surface area contributed by atoms with Gasteiger partial charge in [0.2, 0.25) is 0 Å². The van der Waals surface area contributed by atoms with E-state index in [1.807, 2.05) is 84.9 Å². The van der Waals surface area contributed by atoms with Crippen molar-refractivity contribution < 1.29 is 9.53 Å². The van der Waals surface area contributed by atoms with Crippen LogP contribution in [0.15, 0.2) is 108 Å². The lowest BCUT2D eigenvalue weighted by Gasteiger charge is -2.14. The number of carbonyl (C=O) groups excluding carboxylic acids is 1. The normalized spacial score (nSPS) is 14.4. The number of hydrogen-bond donors (Lipinski definition) is 0. The molecule has 37 heavy (non-hydrogen) atoms. The van der Waals surface area contributed by atoms with Crippen LogP contribution in [0.1, 0.15) is 22.3 Å². The van der Waals surface area contributed by atoms with E-state index < -0.39 is 0 Å². The third kappa shape index (κ3) is 4.55. The first kappa shape index (κ1) is 22.9. The second-order valence-electron chi connectivity index (χ2n) is 8.86. The lowest BCUT2D eigenvalue weighted by molar-refractivity contribution is -0.113. The van der Waals surface area contributed by atoms with Gasteiger partial charge in [-0.05, 0) is 73.0 Å². The first-order valence-electron chi connectivity index (χ1n) is 12.0. The van der Waals surface area contributed by atoms with Crippen molar-refractivity contribution >= 4 is 44.5 Å². The van der Waals surface area contributed by atoms with Crippen LogP contribution in [0.2, 0.25) is 0 Å². The van der Waals surface area contributed by atoms with E-state index in [9.17, 15) is 4.79 Å².